The van der Waals surface area contributed by atoms with Crippen LogP contribution in [0.3, 0.4) is 0 Å². The molecule has 1 aromatic carbocycles. The van der Waals surface area contributed by atoms with Crippen LogP contribution >= 0.6 is 11.8 Å². The number of thioether (sulfide) groups is 1. The topological polar surface area (TPSA) is 74.8 Å². The minimum atomic E-state index is -0.146. The maximum Gasteiger partial charge on any atom is 0.254 e. The molecule has 5 nitrogen and oxygen atoms in total. The van der Waals surface area contributed by atoms with Crippen molar-refractivity contribution in [2.24, 2.45) is 5.92 Å². The maximum absolute atomic E-state index is 12.5. The molecule has 0 radical (unpaired) electrons. The number of nitrogens with zero attached hydrogens (tertiary/aromatic N) is 1. The van der Waals surface area contributed by atoms with Crippen molar-refractivity contribution in [2.75, 3.05) is 6.26 Å². The molecular weight excluding hydrogens is 346 g/mol. The summed E-state index contributed by atoms with van der Waals surface area (Å²) in [5, 5.41) is 3.78. The average Bonchev–Trinajstić information content (AvgIpc) is 3.44. The van der Waals surface area contributed by atoms with Gasteiger partial charge in [-0.3, -0.25) is 9.59 Å². The Morgan fingerprint density at radius 3 is 2.58 bits per heavy atom. The molecule has 2 N–H and O–H groups in total. The third kappa shape index (κ3) is 4.55. The van der Waals surface area contributed by atoms with Gasteiger partial charge in [-0.1, -0.05) is 41.6 Å². The van der Waals surface area contributed by atoms with E-state index in [4.69, 9.17) is 0 Å². The summed E-state index contributed by atoms with van der Waals surface area (Å²) in [6.07, 6.45) is 4.86. The number of carbonyl (C=O) groups is 1. The van der Waals surface area contributed by atoms with Crippen LogP contribution in [0.2, 0.25) is 0 Å². The third-order valence-corrected chi connectivity index (χ3v) is 5.42. The molecule has 1 heterocycles. The first-order chi connectivity index (χ1) is 12.5. The van der Waals surface area contributed by atoms with Crippen molar-refractivity contribution in [3.05, 3.63) is 57.0 Å². The molecular formula is C20H25N3O2S. The molecule has 1 fully saturated rings. The molecule has 2 aromatic rings. The highest BCUT2D eigenvalue weighted by molar-refractivity contribution is 7.98. The zero-order chi connectivity index (χ0) is 18.7. The summed E-state index contributed by atoms with van der Waals surface area (Å²) in [5.41, 5.74) is 3.52. The molecule has 3 rings (SSSR count). The van der Waals surface area contributed by atoms with Crippen molar-refractivity contribution in [1.82, 2.24) is 15.3 Å². The molecule has 6 heteroatoms. The van der Waals surface area contributed by atoms with E-state index in [0.29, 0.717) is 35.2 Å². The molecule has 1 aliphatic rings. The number of aromatic nitrogens is 2. The SMILES string of the molecule is CSc1nc(C)c(CCC(=O)NC(c2ccc(C)cc2)C2CC2)c(=O)[nH]1. The summed E-state index contributed by atoms with van der Waals surface area (Å²) < 4.78 is 0. The highest BCUT2D eigenvalue weighted by Crippen LogP contribution is 2.41. The molecule has 1 aliphatic carbocycles. The molecule has 0 spiro atoms. The van der Waals surface area contributed by atoms with Gasteiger partial charge in [0.2, 0.25) is 5.91 Å². The standard InChI is InChI=1S/C20H25N3O2S/c1-12-4-6-14(7-5-12)18(15-8-9-15)22-17(24)11-10-16-13(2)21-20(26-3)23-19(16)25/h4-7,15,18H,8-11H2,1-3H3,(H,22,24)(H,21,23,25). The van der Waals surface area contributed by atoms with Gasteiger partial charge in [-0.15, -0.1) is 0 Å². The van der Waals surface area contributed by atoms with Crippen LogP contribution in [0.5, 0.6) is 0 Å². The first kappa shape index (κ1) is 18.7. The number of hydrogen-bond acceptors (Lipinski definition) is 4. The molecule has 0 aliphatic heterocycles. The molecule has 1 aromatic heterocycles. The van der Waals surface area contributed by atoms with Gasteiger partial charge in [-0.05, 0) is 50.8 Å². The number of rotatable bonds is 7. The fourth-order valence-electron chi connectivity index (χ4n) is 3.14. The van der Waals surface area contributed by atoms with E-state index in [1.165, 1.54) is 17.3 Å². The zero-order valence-corrected chi connectivity index (χ0v) is 16.3. The minimum absolute atomic E-state index is 0.0183. The lowest BCUT2D eigenvalue weighted by Gasteiger charge is -2.19. The number of H-pyrrole nitrogens is 1. The Morgan fingerprint density at radius 2 is 2.00 bits per heavy atom. The van der Waals surface area contributed by atoms with Crippen molar-refractivity contribution in [1.29, 1.82) is 0 Å². The fourth-order valence-corrected chi connectivity index (χ4v) is 3.56. The average molecular weight is 372 g/mol. The molecule has 26 heavy (non-hydrogen) atoms. The van der Waals surface area contributed by atoms with E-state index in [9.17, 15) is 9.59 Å². The van der Waals surface area contributed by atoms with Crippen molar-refractivity contribution in [2.45, 2.75) is 50.7 Å². The highest BCUT2D eigenvalue weighted by atomic mass is 32.2. The quantitative estimate of drug-likeness (QED) is 0.578. The van der Waals surface area contributed by atoms with Gasteiger partial charge in [0.15, 0.2) is 5.16 Å². The van der Waals surface area contributed by atoms with E-state index in [1.807, 2.05) is 13.2 Å². The van der Waals surface area contributed by atoms with Crippen LogP contribution in [0.15, 0.2) is 34.2 Å². The molecule has 1 atom stereocenters. The lowest BCUT2D eigenvalue weighted by atomic mass is 10.0. The molecule has 1 amide bonds. The molecule has 1 unspecified atom stereocenters. The number of benzene rings is 1. The van der Waals surface area contributed by atoms with E-state index < -0.39 is 0 Å². The lowest BCUT2D eigenvalue weighted by Crippen LogP contribution is -2.30. The van der Waals surface area contributed by atoms with Gasteiger partial charge in [0.05, 0.1) is 6.04 Å². The highest BCUT2D eigenvalue weighted by Gasteiger charge is 2.33. The summed E-state index contributed by atoms with van der Waals surface area (Å²) in [4.78, 5) is 31.8. The normalized spacial score (nSPS) is 14.9. The number of hydrogen-bond donors (Lipinski definition) is 2. The van der Waals surface area contributed by atoms with Crippen LogP contribution in [0.25, 0.3) is 0 Å². The van der Waals surface area contributed by atoms with Crippen molar-refractivity contribution in [3.8, 4) is 0 Å². The first-order valence-corrected chi connectivity index (χ1v) is 10.2. The monoisotopic (exact) mass is 371 g/mol. The summed E-state index contributed by atoms with van der Waals surface area (Å²) >= 11 is 1.40. The predicted octanol–water partition coefficient (Wildman–Crippen LogP) is 3.31. The van der Waals surface area contributed by atoms with Crippen LogP contribution in [-0.4, -0.2) is 22.1 Å². The van der Waals surface area contributed by atoms with Crippen LogP contribution < -0.4 is 10.9 Å². The minimum Gasteiger partial charge on any atom is -0.349 e. The number of carbonyl (C=O) groups excluding carboxylic acids is 1. The van der Waals surface area contributed by atoms with E-state index in [0.717, 1.165) is 18.4 Å². The summed E-state index contributed by atoms with van der Waals surface area (Å²) in [7, 11) is 0. The number of nitrogens with one attached hydrogen (secondary N) is 2. The third-order valence-electron chi connectivity index (χ3n) is 4.84. The summed E-state index contributed by atoms with van der Waals surface area (Å²) in [6, 6.07) is 8.42. The Bertz CT molecular complexity index is 841. The van der Waals surface area contributed by atoms with Crippen molar-refractivity contribution in [3.63, 3.8) is 0 Å². The van der Waals surface area contributed by atoms with Crippen LogP contribution in [0.1, 0.15) is 47.7 Å². The molecule has 1 saturated carbocycles. The molecule has 0 saturated heterocycles. The van der Waals surface area contributed by atoms with Gasteiger partial charge in [0, 0.05) is 17.7 Å². The second-order valence-electron chi connectivity index (χ2n) is 6.93. The second kappa shape index (κ2) is 8.08. The first-order valence-electron chi connectivity index (χ1n) is 8.97. The van der Waals surface area contributed by atoms with Gasteiger partial charge in [0.1, 0.15) is 0 Å². The Balaban J connectivity index is 1.65. The van der Waals surface area contributed by atoms with Gasteiger partial charge in [-0.25, -0.2) is 4.98 Å². The van der Waals surface area contributed by atoms with Crippen LogP contribution in [0.4, 0.5) is 0 Å². The number of aryl methyl sites for hydroxylation is 2. The Labute approximate surface area is 158 Å². The summed E-state index contributed by atoms with van der Waals surface area (Å²) in [5.74, 6) is 0.504. The van der Waals surface area contributed by atoms with Crippen LogP contribution in [-0.2, 0) is 11.2 Å². The van der Waals surface area contributed by atoms with E-state index in [-0.39, 0.29) is 17.5 Å². The summed E-state index contributed by atoms with van der Waals surface area (Å²) in [6.45, 7) is 3.88. The maximum atomic E-state index is 12.5. The Hall–Kier alpha value is -2.08. The van der Waals surface area contributed by atoms with Gasteiger partial charge >= 0.3 is 0 Å². The van der Waals surface area contributed by atoms with E-state index >= 15 is 0 Å². The lowest BCUT2D eigenvalue weighted by molar-refractivity contribution is -0.122. The number of aromatic amines is 1. The largest absolute Gasteiger partial charge is 0.349 e. The smallest absolute Gasteiger partial charge is 0.254 e. The van der Waals surface area contributed by atoms with Crippen molar-refractivity contribution < 1.29 is 4.79 Å². The Morgan fingerprint density at radius 1 is 1.31 bits per heavy atom. The molecule has 0 bridgehead atoms. The predicted molar refractivity (Wildman–Crippen MR) is 104 cm³/mol. The van der Waals surface area contributed by atoms with Crippen LogP contribution in [0, 0.1) is 19.8 Å². The fraction of sp³-hybridized carbons (Fsp3) is 0.450. The Kier molecular flexibility index (Phi) is 5.81. The van der Waals surface area contributed by atoms with E-state index in [1.54, 1.807) is 0 Å². The van der Waals surface area contributed by atoms with E-state index in [2.05, 4.69) is 46.5 Å². The van der Waals surface area contributed by atoms with Crippen molar-refractivity contribution >= 4 is 17.7 Å². The second-order valence-corrected chi connectivity index (χ2v) is 7.73. The molecule has 138 valence electrons. The van der Waals surface area contributed by atoms with Gasteiger partial charge in [-0.2, -0.15) is 0 Å². The van der Waals surface area contributed by atoms with Gasteiger partial charge < -0.3 is 10.3 Å². The van der Waals surface area contributed by atoms with Gasteiger partial charge in [0.25, 0.3) is 5.56 Å². The zero-order valence-electron chi connectivity index (χ0n) is 15.5. The number of amides is 1.